The highest BCUT2D eigenvalue weighted by atomic mass is 35.5. The van der Waals surface area contributed by atoms with Crippen LogP contribution in [0.3, 0.4) is 0 Å². The Balaban J connectivity index is 2.93. The Morgan fingerprint density at radius 1 is 1.58 bits per heavy atom. The van der Waals surface area contributed by atoms with Crippen molar-refractivity contribution in [3.8, 4) is 0 Å². The molecule has 0 N–H and O–H groups in total. The monoisotopic (exact) mass is 181 g/mol. The molecule has 0 aliphatic rings. The van der Waals surface area contributed by atoms with Gasteiger partial charge in [0.05, 0.1) is 6.54 Å². The number of hydrogen-bond donors (Lipinski definition) is 0. The standard InChI is InChI=1S/C9H8ClNO/c1-7-2-3-8(5-11-6-12)9(10)4-7/h2-4H,5H2,1H3. The molecule has 1 rings (SSSR count). The second kappa shape index (κ2) is 4.05. The van der Waals surface area contributed by atoms with E-state index >= 15 is 0 Å². The Morgan fingerprint density at radius 2 is 2.33 bits per heavy atom. The summed E-state index contributed by atoms with van der Waals surface area (Å²) in [6, 6.07) is 5.64. The lowest BCUT2D eigenvalue weighted by Crippen LogP contribution is -1.83. The summed E-state index contributed by atoms with van der Waals surface area (Å²) in [5.74, 6) is 0. The SMILES string of the molecule is Cc1ccc(CN=C=O)c(Cl)c1. The van der Waals surface area contributed by atoms with Gasteiger partial charge < -0.3 is 0 Å². The highest BCUT2D eigenvalue weighted by Crippen LogP contribution is 2.17. The molecule has 0 spiro atoms. The van der Waals surface area contributed by atoms with Crippen molar-refractivity contribution in [3.63, 3.8) is 0 Å². The van der Waals surface area contributed by atoms with E-state index in [1.165, 1.54) is 6.08 Å². The van der Waals surface area contributed by atoms with Crippen LogP contribution in [0.4, 0.5) is 0 Å². The molecule has 1 aromatic rings. The van der Waals surface area contributed by atoms with Gasteiger partial charge in [0.25, 0.3) is 0 Å². The molecule has 0 atom stereocenters. The highest BCUT2D eigenvalue weighted by Gasteiger charge is 1.97. The second-order valence-corrected chi connectivity index (χ2v) is 2.91. The van der Waals surface area contributed by atoms with E-state index in [0.29, 0.717) is 11.6 Å². The molecular weight excluding hydrogens is 174 g/mol. The molecule has 0 heterocycles. The first-order valence-corrected chi connectivity index (χ1v) is 3.90. The fourth-order valence-electron chi connectivity index (χ4n) is 0.898. The summed E-state index contributed by atoms with van der Waals surface area (Å²) in [6.07, 6.45) is 1.47. The molecule has 0 aliphatic carbocycles. The molecular formula is C9H8ClNO. The summed E-state index contributed by atoms with van der Waals surface area (Å²) in [6.45, 7) is 2.27. The molecule has 0 bridgehead atoms. The molecule has 0 amide bonds. The van der Waals surface area contributed by atoms with Gasteiger partial charge in [0, 0.05) is 5.02 Å². The Labute approximate surface area is 75.9 Å². The van der Waals surface area contributed by atoms with Crippen molar-refractivity contribution in [2.75, 3.05) is 0 Å². The summed E-state index contributed by atoms with van der Waals surface area (Å²) in [5.41, 5.74) is 1.95. The molecule has 0 aromatic heterocycles. The van der Waals surface area contributed by atoms with Crippen molar-refractivity contribution in [3.05, 3.63) is 34.3 Å². The van der Waals surface area contributed by atoms with E-state index in [2.05, 4.69) is 4.99 Å². The van der Waals surface area contributed by atoms with Gasteiger partial charge in [-0.2, -0.15) is 0 Å². The summed E-state index contributed by atoms with van der Waals surface area (Å²) in [7, 11) is 0. The third-order valence-electron chi connectivity index (χ3n) is 1.52. The van der Waals surface area contributed by atoms with Crippen molar-refractivity contribution >= 4 is 17.7 Å². The van der Waals surface area contributed by atoms with E-state index in [0.717, 1.165) is 11.1 Å². The van der Waals surface area contributed by atoms with Crippen molar-refractivity contribution < 1.29 is 4.79 Å². The van der Waals surface area contributed by atoms with Crippen molar-refractivity contribution in [1.29, 1.82) is 0 Å². The Hall–Kier alpha value is -1.11. The summed E-state index contributed by atoms with van der Waals surface area (Å²) in [5, 5.41) is 0.647. The summed E-state index contributed by atoms with van der Waals surface area (Å²) < 4.78 is 0. The van der Waals surface area contributed by atoms with Gasteiger partial charge in [-0.15, -0.1) is 0 Å². The van der Waals surface area contributed by atoms with Crippen LogP contribution in [0.1, 0.15) is 11.1 Å². The minimum absolute atomic E-state index is 0.308. The van der Waals surface area contributed by atoms with Crippen molar-refractivity contribution in [1.82, 2.24) is 0 Å². The highest BCUT2D eigenvalue weighted by molar-refractivity contribution is 6.31. The molecule has 0 saturated heterocycles. The summed E-state index contributed by atoms with van der Waals surface area (Å²) in [4.78, 5) is 13.3. The van der Waals surface area contributed by atoms with Crippen LogP contribution >= 0.6 is 11.6 Å². The molecule has 3 heteroatoms. The van der Waals surface area contributed by atoms with Gasteiger partial charge in [0.15, 0.2) is 0 Å². The molecule has 62 valence electrons. The maximum atomic E-state index is 9.82. The Bertz CT molecular complexity index is 329. The van der Waals surface area contributed by atoms with Crippen LogP contribution in [0.2, 0.25) is 5.02 Å². The minimum atomic E-state index is 0.308. The topological polar surface area (TPSA) is 29.4 Å². The zero-order chi connectivity index (χ0) is 8.97. The van der Waals surface area contributed by atoms with Gasteiger partial charge in [-0.1, -0.05) is 23.7 Å². The van der Waals surface area contributed by atoms with Gasteiger partial charge in [0.2, 0.25) is 6.08 Å². The number of aliphatic imine (C=N–C) groups is 1. The van der Waals surface area contributed by atoms with E-state index in [-0.39, 0.29) is 0 Å². The van der Waals surface area contributed by atoms with Crippen LogP contribution in [0, 0.1) is 6.92 Å². The van der Waals surface area contributed by atoms with Gasteiger partial charge in [-0.3, -0.25) is 0 Å². The lowest BCUT2D eigenvalue weighted by Gasteiger charge is -1.99. The Kier molecular flexibility index (Phi) is 3.03. The van der Waals surface area contributed by atoms with Gasteiger partial charge >= 0.3 is 0 Å². The first-order valence-electron chi connectivity index (χ1n) is 3.52. The number of hydrogen-bond acceptors (Lipinski definition) is 2. The first kappa shape index (κ1) is 8.98. The van der Waals surface area contributed by atoms with Crippen LogP contribution in [-0.4, -0.2) is 6.08 Å². The van der Waals surface area contributed by atoms with Crippen LogP contribution in [0.25, 0.3) is 0 Å². The fourth-order valence-corrected chi connectivity index (χ4v) is 1.19. The van der Waals surface area contributed by atoms with Gasteiger partial charge in [0.1, 0.15) is 0 Å². The predicted molar refractivity (Wildman–Crippen MR) is 48.0 cm³/mol. The number of benzene rings is 1. The van der Waals surface area contributed by atoms with E-state index in [4.69, 9.17) is 11.6 Å². The van der Waals surface area contributed by atoms with Crippen LogP contribution in [0.15, 0.2) is 23.2 Å². The van der Waals surface area contributed by atoms with Crippen molar-refractivity contribution in [2.24, 2.45) is 4.99 Å². The van der Waals surface area contributed by atoms with Crippen LogP contribution in [-0.2, 0) is 11.3 Å². The lowest BCUT2D eigenvalue weighted by atomic mass is 10.1. The maximum Gasteiger partial charge on any atom is 0.235 e. The van der Waals surface area contributed by atoms with E-state index in [1.807, 2.05) is 25.1 Å². The third-order valence-corrected chi connectivity index (χ3v) is 1.87. The number of rotatable bonds is 2. The zero-order valence-electron chi connectivity index (χ0n) is 6.67. The number of isocyanates is 1. The largest absolute Gasteiger partial charge is 0.235 e. The van der Waals surface area contributed by atoms with Gasteiger partial charge in [-0.25, -0.2) is 9.79 Å². The third kappa shape index (κ3) is 2.19. The maximum absolute atomic E-state index is 9.82. The smallest absolute Gasteiger partial charge is 0.211 e. The second-order valence-electron chi connectivity index (χ2n) is 2.50. The molecule has 0 saturated carbocycles. The number of carbonyl (C=O) groups excluding carboxylic acids is 1. The van der Waals surface area contributed by atoms with Crippen LogP contribution in [0.5, 0.6) is 0 Å². The average molecular weight is 182 g/mol. The summed E-state index contributed by atoms with van der Waals surface area (Å²) >= 11 is 5.88. The molecule has 1 aromatic carbocycles. The number of nitrogens with zero attached hydrogens (tertiary/aromatic N) is 1. The lowest BCUT2D eigenvalue weighted by molar-refractivity contribution is 0.563. The first-order chi connectivity index (χ1) is 5.74. The molecule has 0 unspecified atom stereocenters. The Morgan fingerprint density at radius 3 is 2.92 bits per heavy atom. The quantitative estimate of drug-likeness (QED) is 0.509. The number of aryl methyl sites for hydroxylation is 1. The predicted octanol–water partition coefficient (Wildman–Crippen LogP) is 2.48. The van der Waals surface area contributed by atoms with E-state index < -0.39 is 0 Å². The van der Waals surface area contributed by atoms with Gasteiger partial charge in [-0.05, 0) is 24.1 Å². The molecule has 0 aliphatic heterocycles. The van der Waals surface area contributed by atoms with E-state index in [1.54, 1.807) is 0 Å². The molecule has 0 radical (unpaired) electrons. The zero-order valence-corrected chi connectivity index (χ0v) is 7.43. The molecule has 12 heavy (non-hydrogen) atoms. The fraction of sp³-hybridized carbons (Fsp3) is 0.222. The molecule has 2 nitrogen and oxygen atoms in total. The van der Waals surface area contributed by atoms with Crippen LogP contribution < -0.4 is 0 Å². The van der Waals surface area contributed by atoms with Crippen molar-refractivity contribution in [2.45, 2.75) is 13.5 Å². The number of halogens is 1. The normalized spacial score (nSPS) is 9.17. The minimum Gasteiger partial charge on any atom is -0.211 e. The van der Waals surface area contributed by atoms with E-state index in [9.17, 15) is 4.79 Å². The average Bonchev–Trinajstić information content (AvgIpc) is 2.03. The molecule has 0 fully saturated rings.